The highest BCUT2D eigenvalue weighted by molar-refractivity contribution is 8.00. The van der Waals surface area contributed by atoms with Gasteiger partial charge < -0.3 is 16.0 Å². The SMILES string of the molecule is CCC(Sc1cccc(NC(=O)c2cccc(C)c2)c1)C(=O)Nc1sc(C(=O)Nc2ccccc2)c(C)c1C#N. The number of thiophene rings is 1. The highest BCUT2D eigenvalue weighted by Crippen LogP contribution is 2.35. The molecule has 9 heteroatoms. The molecule has 1 unspecified atom stereocenters. The van der Waals surface area contributed by atoms with Gasteiger partial charge in [0.25, 0.3) is 11.8 Å². The van der Waals surface area contributed by atoms with Crippen LogP contribution in [0, 0.1) is 25.2 Å². The lowest BCUT2D eigenvalue weighted by Gasteiger charge is -2.15. The minimum Gasteiger partial charge on any atom is -0.322 e. The Bertz CT molecular complexity index is 1590. The zero-order valence-corrected chi connectivity index (χ0v) is 23.9. The van der Waals surface area contributed by atoms with Crippen LogP contribution in [0.1, 0.15) is 50.1 Å². The van der Waals surface area contributed by atoms with Crippen LogP contribution in [0.3, 0.4) is 0 Å². The van der Waals surface area contributed by atoms with E-state index in [1.807, 2.05) is 68.4 Å². The zero-order chi connectivity index (χ0) is 28.6. The molecule has 0 saturated heterocycles. The molecule has 0 aliphatic carbocycles. The fourth-order valence-corrected chi connectivity index (χ4v) is 6.05. The lowest BCUT2D eigenvalue weighted by Crippen LogP contribution is -2.24. The van der Waals surface area contributed by atoms with Gasteiger partial charge in [-0.3, -0.25) is 14.4 Å². The number of benzene rings is 3. The predicted molar refractivity (Wildman–Crippen MR) is 162 cm³/mol. The standard InChI is InChI=1S/C31H28N4O3S2/c1-4-26(39-24-15-9-14-23(17-24)34-28(36)21-11-8-10-19(2)16-21)29(37)35-31-25(18-32)20(3)27(40-31)30(38)33-22-12-6-5-7-13-22/h5-17,26H,4H2,1-3H3,(H,33,38)(H,34,36)(H,35,37). The smallest absolute Gasteiger partial charge is 0.266 e. The molecule has 4 aromatic rings. The number of carbonyl (C=O) groups is 3. The van der Waals surface area contributed by atoms with Crippen LogP contribution in [-0.4, -0.2) is 23.0 Å². The van der Waals surface area contributed by atoms with Gasteiger partial charge in [0.15, 0.2) is 0 Å². The number of nitriles is 1. The minimum absolute atomic E-state index is 0.208. The number of carbonyl (C=O) groups excluding carboxylic acids is 3. The Hall–Kier alpha value is -4.39. The van der Waals surface area contributed by atoms with E-state index in [9.17, 15) is 19.6 Å². The molecule has 1 atom stereocenters. The Kier molecular flexibility index (Phi) is 9.38. The third-order valence-corrected chi connectivity index (χ3v) is 8.61. The van der Waals surface area contributed by atoms with Crippen LogP contribution in [0.2, 0.25) is 0 Å². The van der Waals surface area contributed by atoms with Crippen molar-refractivity contribution in [1.29, 1.82) is 5.26 Å². The van der Waals surface area contributed by atoms with Crippen LogP contribution in [0.25, 0.3) is 0 Å². The summed E-state index contributed by atoms with van der Waals surface area (Å²) in [6, 6.07) is 25.9. The number of aryl methyl sites for hydroxylation is 1. The molecule has 3 aromatic carbocycles. The van der Waals surface area contributed by atoms with Crippen molar-refractivity contribution in [1.82, 2.24) is 0 Å². The Balaban J connectivity index is 1.45. The third-order valence-electron chi connectivity index (χ3n) is 6.05. The van der Waals surface area contributed by atoms with Crippen molar-refractivity contribution >= 4 is 57.2 Å². The average molecular weight is 569 g/mol. The average Bonchev–Trinajstić information content (AvgIpc) is 3.26. The number of nitrogens with one attached hydrogen (secondary N) is 3. The number of rotatable bonds is 9. The maximum atomic E-state index is 13.3. The summed E-state index contributed by atoms with van der Waals surface area (Å²) >= 11 is 2.45. The van der Waals surface area contributed by atoms with Crippen LogP contribution in [0.15, 0.2) is 83.8 Å². The van der Waals surface area contributed by atoms with Gasteiger partial charge in [0.1, 0.15) is 11.1 Å². The monoisotopic (exact) mass is 568 g/mol. The van der Waals surface area contributed by atoms with E-state index < -0.39 is 5.25 Å². The summed E-state index contributed by atoms with van der Waals surface area (Å²) in [5.74, 6) is -0.814. The molecule has 0 aliphatic rings. The summed E-state index contributed by atoms with van der Waals surface area (Å²) in [6.45, 7) is 5.54. The van der Waals surface area contributed by atoms with E-state index in [1.165, 1.54) is 11.8 Å². The molecule has 7 nitrogen and oxygen atoms in total. The van der Waals surface area contributed by atoms with Crippen molar-refractivity contribution in [3.63, 3.8) is 0 Å². The summed E-state index contributed by atoms with van der Waals surface area (Å²) in [7, 11) is 0. The fourth-order valence-electron chi connectivity index (χ4n) is 3.98. The predicted octanol–water partition coefficient (Wildman–Crippen LogP) is 7.25. The molecule has 0 saturated carbocycles. The highest BCUT2D eigenvalue weighted by atomic mass is 32.2. The largest absolute Gasteiger partial charge is 0.322 e. The van der Waals surface area contributed by atoms with E-state index in [1.54, 1.807) is 31.2 Å². The van der Waals surface area contributed by atoms with E-state index in [0.717, 1.165) is 21.8 Å². The van der Waals surface area contributed by atoms with Gasteiger partial charge in [-0.15, -0.1) is 23.1 Å². The summed E-state index contributed by atoms with van der Waals surface area (Å²) in [6.07, 6.45) is 0.532. The number of para-hydroxylation sites is 1. The molecule has 0 aliphatic heterocycles. The van der Waals surface area contributed by atoms with E-state index in [-0.39, 0.29) is 23.3 Å². The zero-order valence-electron chi connectivity index (χ0n) is 22.3. The van der Waals surface area contributed by atoms with Gasteiger partial charge in [0.05, 0.1) is 15.7 Å². The van der Waals surface area contributed by atoms with Gasteiger partial charge >= 0.3 is 0 Å². The quantitative estimate of drug-likeness (QED) is 0.184. The van der Waals surface area contributed by atoms with Crippen LogP contribution in [0.5, 0.6) is 0 Å². The molecule has 1 heterocycles. The van der Waals surface area contributed by atoms with Crippen molar-refractivity contribution in [2.24, 2.45) is 0 Å². The lowest BCUT2D eigenvalue weighted by atomic mass is 10.1. The molecule has 0 fully saturated rings. The van der Waals surface area contributed by atoms with Crippen LogP contribution < -0.4 is 16.0 Å². The lowest BCUT2D eigenvalue weighted by molar-refractivity contribution is -0.115. The highest BCUT2D eigenvalue weighted by Gasteiger charge is 2.25. The number of hydrogen-bond donors (Lipinski definition) is 3. The van der Waals surface area contributed by atoms with Crippen molar-refractivity contribution in [2.75, 3.05) is 16.0 Å². The molecular weight excluding hydrogens is 541 g/mol. The number of hydrogen-bond acceptors (Lipinski definition) is 6. The maximum Gasteiger partial charge on any atom is 0.266 e. The minimum atomic E-state index is -0.460. The molecule has 4 rings (SSSR count). The third kappa shape index (κ3) is 6.97. The van der Waals surface area contributed by atoms with E-state index >= 15 is 0 Å². The number of amides is 3. The molecule has 3 amide bonds. The van der Waals surface area contributed by atoms with Gasteiger partial charge in [-0.25, -0.2) is 0 Å². The first-order valence-corrected chi connectivity index (χ1v) is 14.3. The van der Waals surface area contributed by atoms with E-state index in [4.69, 9.17) is 0 Å². The van der Waals surface area contributed by atoms with Gasteiger partial charge in [-0.05, 0) is 68.3 Å². The van der Waals surface area contributed by atoms with Gasteiger partial charge in [-0.2, -0.15) is 5.26 Å². The first-order valence-electron chi connectivity index (χ1n) is 12.6. The Morgan fingerprint density at radius 3 is 2.27 bits per heavy atom. The molecule has 40 heavy (non-hydrogen) atoms. The number of thioether (sulfide) groups is 1. The summed E-state index contributed by atoms with van der Waals surface area (Å²) in [5, 5.41) is 18.3. The van der Waals surface area contributed by atoms with Crippen LogP contribution in [-0.2, 0) is 4.79 Å². The number of nitrogens with zero attached hydrogens (tertiary/aromatic N) is 1. The van der Waals surface area contributed by atoms with Crippen LogP contribution in [0.4, 0.5) is 16.4 Å². The number of anilines is 3. The first kappa shape index (κ1) is 28.6. The second-order valence-electron chi connectivity index (χ2n) is 9.05. The van der Waals surface area contributed by atoms with Crippen LogP contribution >= 0.6 is 23.1 Å². The molecule has 202 valence electrons. The molecule has 0 bridgehead atoms. The Morgan fingerprint density at radius 2 is 1.57 bits per heavy atom. The summed E-state index contributed by atoms with van der Waals surface area (Å²) in [5.41, 5.74) is 3.63. The maximum absolute atomic E-state index is 13.3. The second kappa shape index (κ2) is 13.1. The van der Waals surface area contributed by atoms with Gasteiger partial charge in [0, 0.05) is 21.8 Å². The Labute approximate surface area is 241 Å². The van der Waals surface area contributed by atoms with Crippen molar-refractivity contribution in [3.05, 3.63) is 106 Å². The van der Waals surface area contributed by atoms with E-state index in [2.05, 4.69) is 22.0 Å². The summed E-state index contributed by atoms with van der Waals surface area (Å²) in [4.78, 5) is 40.0. The molecule has 0 spiro atoms. The second-order valence-corrected chi connectivity index (χ2v) is 11.3. The molecular formula is C31H28N4O3S2. The van der Waals surface area contributed by atoms with Crippen molar-refractivity contribution < 1.29 is 14.4 Å². The molecule has 3 N–H and O–H groups in total. The fraction of sp³-hybridized carbons (Fsp3) is 0.161. The topological polar surface area (TPSA) is 111 Å². The first-order chi connectivity index (χ1) is 19.3. The van der Waals surface area contributed by atoms with E-state index in [0.29, 0.717) is 38.8 Å². The molecule has 0 radical (unpaired) electrons. The van der Waals surface area contributed by atoms with Gasteiger partial charge in [0.2, 0.25) is 5.91 Å². The Morgan fingerprint density at radius 1 is 0.875 bits per heavy atom. The summed E-state index contributed by atoms with van der Waals surface area (Å²) < 4.78 is 0. The normalized spacial score (nSPS) is 11.2. The molecule has 1 aromatic heterocycles. The van der Waals surface area contributed by atoms with Crippen molar-refractivity contribution in [2.45, 2.75) is 37.3 Å². The van der Waals surface area contributed by atoms with Gasteiger partial charge in [-0.1, -0.05) is 48.9 Å². The van der Waals surface area contributed by atoms with Crippen molar-refractivity contribution in [3.8, 4) is 6.07 Å².